The second kappa shape index (κ2) is 10.1. The molecular formula is C28H22Cl2FNO3S. The molecule has 0 N–H and O–H groups in total. The van der Waals surface area contributed by atoms with Gasteiger partial charge in [-0.15, -0.1) is 11.3 Å². The topological polar surface area (TPSA) is 38.8 Å². The van der Waals surface area contributed by atoms with Crippen molar-refractivity contribution in [1.82, 2.24) is 4.90 Å². The Kier molecular flexibility index (Phi) is 6.93. The van der Waals surface area contributed by atoms with E-state index in [9.17, 15) is 4.79 Å². The molecule has 1 aliphatic rings. The van der Waals surface area contributed by atoms with Gasteiger partial charge in [0.1, 0.15) is 5.82 Å². The van der Waals surface area contributed by atoms with Crippen molar-refractivity contribution in [1.29, 1.82) is 0 Å². The first-order valence-electron chi connectivity index (χ1n) is 11.3. The number of halogens is 3. The van der Waals surface area contributed by atoms with Crippen molar-refractivity contribution < 1.29 is 18.7 Å². The van der Waals surface area contributed by atoms with E-state index in [1.807, 2.05) is 42.5 Å². The Bertz CT molecular complexity index is 1430. The normalized spacial score (nSPS) is 14.9. The molecule has 1 aromatic heterocycles. The molecule has 0 spiro atoms. The standard InChI is InChI=1S/C28H22Cl2FNO3S/c1-34-22-14-16-11-12-32(28(33)25-10-9-24(36-25)17-5-3-6-18(29)13-17)27(19(16)15-23(22)35-2)26-20(30)7-4-8-21(26)31/h3-10,13-15,27H,11-12H2,1-2H3. The summed E-state index contributed by atoms with van der Waals surface area (Å²) in [6, 6.07) is 18.7. The van der Waals surface area contributed by atoms with Gasteiger partial charge in [0.25, 0.3) is 5.91 Å². The van der Waals surface area contributed by atoms with Crippen molar-refractivity contribution in [3.05, 3.63) is 104 Å². The van der Waals surface area contributed by atoms with E-state index < -0.39 is 11.9 Å². The Morgan fingerprint density at radius 2 is 1.75 bits per heavy atom. The number of carbonyl (C=O) groups excluding carboxylic acids is 1. The summed E-state index contributed by atoms with van der Waals surface area (Å²) >= 11 is 14.1. The minimum absolute atomic E-state index is 0.196. The van der Waals surface area contributed by atoms with Crippen molar-refractivity contribution in [2.75, 3.05) is 20.8 Å². The lowest BCUT2D eigenvalue weighted by atomic mass is 9.87. The second-order valence-corrected chi connectivity index (χ2v) is 10.3. The Morgan fingerprint density at radius 1 is 1.00 bits per heavy atom. The average Bonchev–Trinajstić information content (AvgIpc) is 3.38. The van der Waals surface area contributed by atoms with Crippen LogP contribution < -0.4 is 9.47 Å². The van der Waals surface area contributed by atoms with Crippen LogP contribution in [0.15, 0.2) is 66.7 Å². The molecule has 1 atom stereocenters. The monoisotopic (exact) mass is 541 g/mol. The van der Waals surface area contributed by atoms with Crippen LogP contribution in [-0.2, 0) is 6.42 Å². The van der Waals surface area contributed by atoms with Gasteiger partial charge in [0.2, 0.25) is 0 Å². The number of fused-ring (bicyclic) bond motifs is 1. The summed E-state index contributed by atoms with van der Waals surface area (Å²) in [6.07, 6.45) is 0.580. The number of rotatable bonds is 5. The van der Waals surface area contributed by atoms with E-state index in [-0.39, 0.29) is 16.5 Å². The third-order valence-corrected chi connectivity index (χ3v) is 8.02. The molecule has 1 amide bonds. The van der Waals surface area contributed by atoms with Gasteiger partial charge >= 0.3 is 0 Å². The smallest absolute Gasteiger partial charge is 0.264 e. The highest BCUT2D eigenvalue weighted by atomic mass is 35.5. The molecule has 0 bridgehead atoms. The van der Waals surface area contributed by atoms with E-state index in [1.165, 1.54) is 17.4 Å². The number of hydrogen-bond acceptors (Lipinski definition) is 4. The van der Waals surface area contributed by atoms with Gasteiger partial charge in [0, 0.05) is 27.0 Å². The molecule has 0 aliphatic carbocycles. The maximum absolute atomic E-state index is 15.3. The molecule has 4 aromatic rings. The summed E-state index contributed by atoms with van der Waals surface area (Å²) in [4.78, 5) is 17.0. The number of benzene rings is 3. The predicted molar refractivity (Wildman–Crippen MR) is 142 cm³/mol. The first kappa shape index (κ1) is 24.6. The lowest BCUT2D eigenvalue weighted by molar-refractivity contribution is 0.0697. The Balaban J connectivity index is 1.61. The number of ether oxygens (including phenoxy) is 2. The van der Waals surface area contributed by atoms with Crippen LogP contribution in [0.5, 0.6) is 11.5 Å². The molecule has 1 unspecified atom stereocenters. The first-order chi connectivity index (χ1) is 17.4. The summed E-state index contributed by atoms with van der Waals surface area (Å²) in [5.41, 5.74) is 2.89. The number of hydrogen-bond donors (Lipinski definition) is 0. The van der Waals surface area contributed by atoms with E-state index >= 15 is 4.39 Å². The fourth-order valence-electron chi connectivity index (χ4n) is 4.64. The molecule has 2 heterocycles. The van der Waals surface area contributed by atoms with E-state index in [0.29, 0.717) is 34.4 Å². The third-order valence-electron chi connectivity index (χ3n) is 6.33. The van der Waals surface area contributed by atoms with Gasteiger partial charge in [-0.1, -0.05) is 41.4 Å². The van der Waals surface area contributed by atoms with E-state index in [1.54, 1.807) is 37.3 Å². The Hall–Kier alpha value is -3.06. The lowest BCUT2D eigenvalue weighted by Crippen LogP contribution is -2.40. The van der Waals surface area contributed by atoms with Crippen molar-refractivity contribution in [3.63, 3.8) is 0 Å². The molecule has 3 aromatic carbocycles. The van der Waals surface area contributed by atoms with E-state index in [4.69, 9.17) is 32.7 Å². The average molecular weight is 542 g/mol. The van der Waals surface area contributed by atoms with Gasteiger partial charge in [-0.05, 0) is 71.6 Å². The third kappa shape index (κ3) is 4.45. The van der Waals surface area contributed by atoms with Crippen LogP contribution in [0.25, 0.3) is 10.4 Å². The summed E-state index contributed by atoms with van der Waals surface area (Å²) in [6.45, 7) is 0.390. The molecule has 0 saturated heterocycles. The van der Waals surface area contributed by atoms with Crippen LogP contribution >= 0.6 is 34.5 Å². The highest BCUT2D eigenvalue weighted by molar-refractivity contribution is 7.17. The van der Waals surface area contributed by atoms with E-state index in [0.717, 1.165) is 21.6 Å². The molecular weight excluding hydrogens is 520 g/mol. The molecule has 36 heavy (non-hydrogen) atoms. The van der Waals surface area contributed by atoms with Gasteiger partial charge in [0.15, 0.2) is 11.5 Å². The Morgan fingerprint density at radius 3 is 2.47 bits per heavy atom. The number of thiophene rings is 1. The lowest BCUT2D eigenvalue weighted by Gasteiger charge is -2.38. The second-order valence-electron chi connectivity index (χ2n) is 8.37. The minimum Gasteiger partial charge on any atom is -0.493 e. The quantitative estimate of drug-likeness (QED) is 0.260. The summed E-state index contributed by atoms with van der Waals surface area (Å²) in [7, 11) is 3.12. The van der Waals surface area contributed by atoms with Crippen LogP contribution in [0.3, 0.4) is 0 Å². The molecule has 0 fully saturated rings. The number of carbonyl (C=O) groups is 1. The zero-order valence-electron chi connectivity index (χ0n) is 19.6. The van der Waals surface area contributed by atoms with Gasteiger partial charge in [-0.2, -0.15) is 0 Å². The fraction of sp³-hybridized carbons (Fsp3) is 0.179. The van der Waals surface area contributed by atoms with Crippen molar-refractivity contribution in [2.24, 2.45) is 0 Å². The van der Waals surface area contributed by atoms with E-state index in [2.05, 4.69) is 0 Å². The minimum atomic E-state index is -0.730. The zero-order valence-corrected chi connectivity index (χ0v) is 21.9. The number of amides is 1. The fourth-order valence-corrected chi connectivity index (χ4v) is 6.05. The predicted octanol–water partition coefficient (Wildman–Crippen LogP) is 7.67. The van der Waals surface area contributed by atoms with Crippen LogP contribution in [0.4, 0.5) is 4.39 Å². The molecule has 8 heteroatoms. The summed E-state index contributed by atoms with van der Waals surface area (Å²) in [5, 5.41) is 0.881. The van der Waals surface area contributed by atoms with Crippen LogP contribution in [0, 0.1) is 5.82 Å². The summed E-state index contributed by atoms with van der Waals surface area (Å²) < 4.78 is 26.3. The molecule has 0 saturated carbocycles. The molecule has 5 rings (SSSR count). The largest absolute Gasteiger partial charge is 0.493 e. The van der Waals surface area contributed by atoms with Crippen molar-refractivity contribution in [3.8, 4) is 21.9 Å². The van der Waals surface area contributed by atoms with Gasteiger partial charge in [-0.3, -0.25) is 4.79 Å². The molecule has 184 valence electrons. The Labute approximate surface area is 222 Å². The van der Waals surface area contributed by atoms with Gasteiger partial charge in [0.05, 0.1) is 25.1 Å². The SMILES string of the molecule is COc1cc2c(cc1OC)C(c1c(F)cccc1Cl)N(C(=O)c1ccc(-c3cccc(Cl)c3)s1)CC2. The number of nitrogens with zero attached hydrogens (tertiary/aromatic N) is 1. The van der Waals surface area contributed by atoms with Gasteiger partial charge in [-0.25, -0.2) is 4.39 Å². The number of methoxy groups -OCH3 is 2. The maximum Gasteiger partial charge on any atom is 0.264 e. The summed E-state index contributed by atoms with van der Waals surface area (Å²) in [5.74, 6) is 0.415. The first-order valence-corrected chi connectivity index (χ1v) is 12.8. The molecule has 1 aliphatic heterocycles. The van der Waals surface area contributed by atoms with Crippen molar-refractivity contribution >= 4 is 40.4 Å². The highest BCUT2D eigenvalue weighted by Gasteiger charge is 2.37. The van der Waals surface area contributed by atoms with Gasteiger partial charge < -0.3 is 14.4 Å². The highest BCUT2D eigenvalue weighted by Crippen LogP contribution is 2.44. The van der Waals surface area contributed by atoms with Crippen LogP contribution in [-0.4, -0.2) is 31.6 Å². The van der Waals surface area contributed by atoms with Crippen LogP contribution in [0.2, 0.25) is 10.0 Å². The van der Waals surface area contributed by atoms with Crippen LogP contribution in [0.1, 0.15) is 32.4 Å². The van der Waals surface area contributed by atoms with Crippen molar-refractivity contribution in [2.45, 2.75) is 12.5 Å². The molecule has 0 radical (unpaired) electrons. The zero-order chi connectivity index (χ0) is 25.4. The molecule has 4 nitrogen and oxygen atoms in total. The maximum atomic E-state index is 15.3.